The first kappa shape index (κ1) is 23.3. The van der Waals surface area contributed by atoms with Crippen LogP contribution in [0.5, 0.6) is 11.5 Å². The minimum Gasteiger partial charge on any atom is -0.455 e. The van der Waals surface area contributed by atoms with E-state index in [1.165, 1.54) is 5.56 Å². The number of hydrogen-bond donors (Lipinski definition) is 1. The highest BCUT2D eigenvalue weighted by molar-refractivity contribution is 7.92. The number of nitrogens with one attached hydrogen (secondary N) is 1. The number of hydrogen-bond acceptors (Lipinski definition) is 4. The molecule has 0 saturated carbocycles. The Labute approximate surface area is 189 Å². The highest BCUT2D eigenvalue weighted by atomic mass is 32.2. The fraction of sp³-hybridized carbons (Fsp3) is 0.240. The van der Waals surface area contributed by atoms with E-state index in [2.05, 4.69) is 5.32 Å². The standard InChI is InChI=1S/C25H28N2O4S/c1-20(17-18-21-11-5-3-6-12-21)26-25(28)19-27(32(2,29)30)23-15-9-10-16-24(23)31-22-13-7-4-8-14-22/h3-16,20H,17-19H2,1-2H3,(H,26,28). The number of benzene rings is 3. The van der Waals surface area contributed by atoms with E-state index in [1.54, 1.807) is 36.4 Å². The van der Waals surface area contributed by atoms with Crippen molar-refractivity contribution in [2.75, 3.05) is 17.1 Å². The maximum atomic E-state index is 12.7. The number of carbonyl (C=O) groups is 1. The van der Waals surface area contributed by atoms with Crippen molar-refractivity contribution < 1.29 is 17.9 Å². The summed E-state index contributed by atoms with van der Waals surface area (Å²) in [4.78, 5) is 12.7. The molecule has 1 N–H and O–H groups in total. The molecule has 1 amide bonds. The third-order valence-corrected chi connectivity index (χ3v) is 6.04. The largest absolute Gasteiger partial charge is 0.455 e. The second-order valence-electron chi connectivity index (χ2n) is 7.65. The number of amides is 1. The molecule has 3 aromatic carbocycles. The molecule has 0 aliphatic heterocycles. The average molecular weight is 453 g/mol. The van der Waals surface area contributed by atoms with E-state index >= 15 is 0 Å². The predicted molar refractivity (Wildman–Crippen MR) is 128 cm³/mol. The van der Waals surface area contributed by atoms with Gasteiger partial charge in [-0.1, -0.05) is 60.7 Å². The molecule has 3 aromatic rings. The Morgan fingerprint density at radius 1 is 0.938 bits per heavy atom. The Morgan fingerprint density at radius 2 is 1.53 bits per heavy atom. The summed E-state index contributed by atoms with van der Waals surface area (Å²) in [6.45, 7) is 1.59. The summed E-state index contributed by atoms with van der Waals surface area (Å²) < 4.78 is 32.1. The summed E-state index contributed by atoms with van der Waals surface area (Å²) >= 11 is 0. The molecule has 0 aromatic heterocycles. The Kier molecular flexibility index (Phi) is 7.89. The average Bonchev–Trinajstić information content (AvgIpc) is 2.77. The van der Waals surface area contributed by atoms with Gasteiger partial charge in [-0.3, -0.25) is 9.10 Å². The molecule has 1 atom stereocenters. The molecular formula is C25H28N2O4S. The lowest BCUT2D eigenvalue weighted by Gasteiger charge is -2.25. The number of rotatable bonds is 10. The van der Waals surface area contributed by atoms with Crippen molar-refractivity contribution in [2.45, 2.75) is 25.8 Å². The number of nitrogens with zero attached hydrogens (tertiary/aromatic N) is 1. The number of anilines is 1. The molecule has 1 unspecified atom stereocenters. The fourth-order valence-corrected chi connectivity index (χ4v) is 4.16. The minimum atomic E-state index is -3.73. The van der Waals surface area contributed by atoms with Crippen LogP contribution in [0.1, 0.15) is 18.9 Å². The van der Waals surface area contributed by atoms with Crippen LogP contribution < -0.4 is 14.4 Å². The van der Waals surface area contributed by atoms with E-state index < -0.39 is 10.0 Å². The van der Waals surface area contributed by atoms with Crippen LogP contribution in [-0.4, -0.2) is 33.2 Å². The van der Waals surface area contributed by atoms with Crippen LogP contribution in [0.2, 0.25) is 0 Å². The number of carbonyl (C=O) groups excluding carboxylic acids is 1. The third-order valence-electron chi connectivity index (χ3n) is 4.91. The van der Waals surface area contributed by atoms with Crippen molar-refractivity contribution in [1.29, 1.82) is 0 Å². The Hall–Kier alpha value is -3.32. The Bertz CT molecular complexity index is 1120. The van der Waals surface area contributed by atoms with Gasteiger partial charge in [0.1, 0.15) is 12.3 Å². The van der Waals surface area contributed by atoms with Crippen molar-refractivity contribution in [3.05, 3.63) is 90.5 Å². The monoisotopic (exact) mass is 452 g/mol. The van der Waals surface area contributed by atoms with Crippen LogP contribution in [0, 0.1) is 0 Å². The van der Waals surface area contributed by atoms with Gasteiger partial charge in [-0.05, 0) is 49.6 Å². The van der Waals surface area contributed by atoms with E-state index in [0.29, 0.717) is 17.2 Å². The summed E-state index contributed by atoms with van der Waals surface area (Å²) in [6.07, 6.45) is 2.66. The number of sulfonamides is 1. The molecule has 7 heteroatoms. The quantitative estimate of drug-likeness (QED) is 0.495. The van der Waals surface area contributed by atoms with Gasteiger partial charge in [0.15, 0.2) is 5.75 Å². The first-order chi connectivity index (χ1) is 15.3. The Morgan fingerprint density at radius 3 is 2.19 bits per heavy atom. The summed E-state index contributed by atoms with van der Waals surface area (Å²) in [5.41, 5.74) is 1.50. The van der Waals surface area contributed by atoms with Crippen LogP contribution in [0.3, 0.4) is 0 Å². The summed E-state index contributed by atoms with van der Waals surface area (Å²) in [6, 6.07) is 25.8. The van der Waals surface area contributed by atoms with E-state index in [0.717, 1.165) is 23.4 Å². The van der Waals surface area contributed by atoms with Gasteiger partial charge in [-0.15, -0.1) is 0 Å². The lowest BCUT2D eigenvalue weighted by atomic mass is 10.1. The molecular weight excluding hydrogens is 424 g/mol. The second-order valence-corrected chi connectivity index (χ2v) is 9.55. The molecule has 168 valence electrons. The van der Waals surface area contributed by atoms with Gasteiger partial charge in [0, 0.05) is 6.04 Å². The van der Waals surface area contributed by atoms with Crippen LogP contribution in [0.15, 0.2) is 84.9 Å². The molecule has 3 rings (SSSR count). The highest BCUT2D eigenvalue weighted by Gasteiger charge is 2.24. The molecule has 0 aliphatic rings. The highest BCUT2D eigenvalue weighted by Crippen LogP contribution is 2.33. The SMILES string of the molecule is CC(CCc1ccccc1)NC(=O)CN(c1ccccc1Oc1ccccc1)S(C)(=O)=O. The normalized spacial score (nSPS) is 12.1. The maximum Gasteiger partial charge on any atom is 0.240 e. The zero-order valence-electron chi connectivity index (χ0n) is 18.3. The number of para-hydroxylation sites is 3. The first-order valence-electron chi connectivity index (χ1n) is 10.5. The van der Waals surface area contributed by atoms with Gasteiger partial charge in [0.05, 0.1) is 11.9 Å². The van der Waals surface area contributed by atoms with Gasteiger partial charge < -0.3 is 10.1 Å². The second kappa shape index (κ2) is 10.8. The maximum absolute atomic E-state index is 12.7. The van der Waals surface area contributed by atoms with Gasteiger partial charge >= 0.3 is 0 Å². The van der Waals surface area contributed by atoms with Crippen LogP contribution >= 0.6 is 0 Å². The number of ether oxygens (including phenoxy) is 1. The van der Waals surface area contributed by atoms with Crippen molar-refractivity contribution in [3.63, 3.8) is 0 Å². The van der Waals surface area contributed by atoms with E-state index in [-0.39, 0.29) is 18.5 Å². The molecule has 0 spiro atoms. The molecule has 0 heterocycles. The van der Waals surface area contributed by atoms with Gasteiger partial charge in [-0.25, -0.2) is 8.42 Å². The van der Waals surface area contributed by atoms with E-state index in [9.17, 15) is 13.2 Å². The molecule has 0 aliphatic carbocycles. The molecule has 32 heavy (non-hydrogen) atoms. The zero-order chi connectivity index (χ0) is 23.0. The van der Waals surface area contributed by atoms with E-state index in [1.807, 2.05) is 55.5 Å². The molecule has 0 radical (unpaired) electrons. The van der Waals surface area contributed by atoms with Crippen molar-refractivity contribution in [3.8, 4) is 11.5 Å². The molecule has 0 saturated heterocycles. The smallest absolute Gasteiger partial charge is 0.240 e. The van der Waals surface area contributed by atoms with E-state index in [4.69, 9.17) is 4.74 Å². The molecule has 6 nitrogen and oxygen atoms in total. The summed E-state index contributed by atoms with van der Waals surface area (Å²) in [5.74, 6) is 0.562. The van der Waals surface area contributed by atoms with Crippen molar-refractivity contribution in [1.82, 2.24) is 5.32 Å². The van der Waals surface area contributed by atoms with Crippen molar-refractivity contribution in [2.24, 2.45) is 0 Å². The third kappa shape index (κ3) is 6.85. The van der Waals surface area contributed by atoms with Gasteiger partial charge in [0.2, 0.25) is 15.9 Å². The zero-order valence-corrected chi connectivity index (χ0v) is 19.1. The lowest BCUT2D eigenvalue weighted by molar-refractivity contribution is -0.120. The number of aryl methyl sites for hydroxylation is 1. The lowest BCUT2D eigenvalue weighted by Crippen LogP contribution is -2.43. The first-order valence-corrected chi connectivity index (χ1v) is 12.3. The van der Waals surface area contributed by atoms with Gasteiger partial charge in [-0.2, -0.15) is 0 Å². The predicted octanol–water partition coefficient (Wildman–Crippen LogP) is 4.38. The fourth-order valence-electron chi connectivity index (χ4n) is 3.30. The topological polar surface area (TPSA) is 75.7 Å². The minimum absolute atomic E-state index is 0.0973. The van der Waals surface area contributed by atoms with Crippen molar-refractivity contribution >= 4 is 21.6 Å². The van der Waals surface area contributed by atoms with Crippen LogP contribution in [0.4, 0.5) is 5.69 Å². The Balaban J connectivity index is 1.70. The van der Waals surface area contributed by atoms with Crippen LogP contribution in [0.25, 0.3) is 0 Å². The molecule has 0 bridgehead atoms. The molecule has 0 fully saturated rings. The van der Waals surface area contributed by atoms with Crippen LogP contribution in [-0.2, 0) is 21.2 Å². The summed E-state index contributed by atoms with van der Waals surface area (Å²) in [5, 5.41) is 2.91. The summed E-state index contributed by atoms with van der Waals surface area (Å²) in [7, 11) is -3.73. The van der Waals surface area contributed by atoms with Gasteiger partial charge in [0.25, 0.3) is 0 Å².